The van der Waals surface area contributed by atoms with Crippen LogP contribution in [0.4, 0.5) is 0 Å². The zero-order chi connectivity index (χ0) is 20.1. The highest BCUT2D eigenvalue weighted by Crippen LogP contribution is 2.37. The molecule has 0 spiro atoms. The molecule has 0 aromatic heterocycles. The van der Waals surface area contributed by atoms with Crippen molar-refractivity contribution in [3.05, 3.63) is 29.3 Å². The van der Waals surface area contributed by atoms with E-state index in [0.29, 0.717) is 11.8 Å². The van der Waals surface area contributed by atoms with E-state index in [9.17, 15) is 9.59 Å². The summed E-state index contributed by atoms with van der Waals surface area (Å²) >= 11 is 0. The van der Waals surface area contributed by atoms with E-state index in [1.54, 1.807) is 7.11 Å². The Morgan fingerprint density at radius 1 is 1.04 bits per heavy atom. The number of ether oxygens (including phenoxy) is 1. The molecule has 1 aromatic rings. The van der Waals surface area contributed by atoms with Gasteiger partial charge < -0.3 is 15.8 Å². The topological polar surface area (TPSA) is 81.4 Å². The number of amides is 2. The van der Waals surface area contributed by atoms with Crippen LogP contribution in [0.3, 0.4) is 0 Å². The molecule has 0 radical (unpaired) electrons. The fourth-order valence-electron chi connectivity index (χ4n) is 4.88. The molecule has 2 fully saturated rings. The maximum atomic E-state index is 12.5. The molecule has 0 unspecified atom stereocenters. The number of primary amides is 1. The van der Waals surface area contributed by atoms with Gasteiger partial charge in [0.15, 0.2) is 0 Å². The number of hydrogen-bond donors (Lipinski definition) is 2. The lowest BCUT2D eigenvalue weighted by atomic mass is 9.78. The summed E-state index contributed by atoms with van der Waals surface area (Å²) in [7, 11) is 1.71. The molecule has 5 nitrogen and oxygen atoms in total. The summed E-state index contributed by atoms with van der Waals surface area (Å²) in [6, 6.07) is 6.53. The fourth-order valence-corrected chi connectivity index (χ4v) is 4.88. The van der Waals surface area contributed by atoms with Crippen LogP contribution in [0.1, 0.15) is 68.4 Å². The van der Waals surface area contributed by atoms with E-state index in [4.69, 9.17) is 10.5 Å². The Hall–Kier alpha value is -2.04. The van der Waals surface area contributed by atoms with Gasteiger partial charge in [-0.2, -0.15) is 0 Å². The lowest BCUT2D eigenvalue weighted by molar-refractivity contribution is -0.129. The standard InChI is InChI=1S/C23H34N2O3/c1-15-13-20(11-12-21(15)28-2)17-5-3-16(4-6-17)14-25-23(27)19-9-7-18(8-10-19)22(24)26/h11-13,16-19H,3-10,14H2,1-2H3,(H2,24,26)(H,25,27). The van der Waals surface area contributed by atoms with E-state index >= 15 is 0 Å². The molecule has 0 bridgehead atoms. The number of rotatable bonds is 6. The Balaban J connectivity index is 1.40. The van der Waals surface area contributed by atoms with Crippen molar-refractivity contribution in [1.29, 1.82) is 0 Å². The highest BCUT2D eigenvalue weighted by molar-refractivity contribution is 5.80. The summed E-state index contributed by atoms with van der Waals surface area (Å²) < 4.78 is 5.36. The highest BCUT2D eigenvalue weighted by Gasteiger charge is 2.29. The second-order valence-electron chi connectivity index (χ2n) is 8.64. The van der Waals surface area contributed by atoms with E-state index in [1.165, 1.54) is 24.0 Å². The number of nitrogens with one attached hydrogen (secondary N) is 1. The van der Waals surface area contributed by atoms with Crippen LogP contribution in [0, 0.1) is 24.7 Å². The zero-order valence-electron chi connectivity index (χ0n) is 17.2. The number of nitrogens with two attached hydrogens (primary N) is 1. The molecule has 3 rings (SSSR count). The first-order valence-electron chi connectivity index (χ1n) is 10.7. The average Bonchev–Trinajstić information content (AvgIpc) is 2.72. The first kappa shape index (κ1) is 20.7. The lowest BCUT2D eigenvalue weighted by Gasteiger charge is -2.30. The predicted molar refractivity (Wildman–Crippen MR) is 110 cm³/mol. The third kappa shape index (κ3) is 5.06. The quantitative estimate of drug-likeness (QED) is 0.782. The SMILES string of the molecule is COc1ccc(C2CCC(CNC(=O)C3CCC(C(N)=O)CC3)CC2)cc1C. The molecule has 0 atom stereocenters. The molecule has 0 saturated heterocycles. The predicted octanol–water partition coefficient (Wildman–Crippen LogP) is 3.69. The lowest BCUT2D eigenvalue weighted by Crippen LogP contribution is -2.38. The monoisotopic (exact) mass is 386 g/mol. The first-order valence-corrected chi connectivity index (χ1v) is 10.7. The Labute approximate surface area is 168 Å². The van der Waals surface area contributed by atoms with Gasteiger partial charge in [-0.05, 0) is 87.3 Å². The number of aryl methyl sites for hydroxylation is 1. The van der Waals surface area contributed by atoms with Crippen LogP contribution in [0.15, 0.2) is 18.2 Å². The minimum absolute atomic E-state index is 0.0408. The van der Waals surface area contributed by atoms with Gasteiger partial charge in [-0.3, -0.25) is 9.59 Å². The molecule has 2 saturated carbocycles. The average molecular weight is 387 g/mol. The summed E-state index contributed by atoms with van der Waals surface area (Å²) in [6.07, 6.45) is 7.73. The summed E-state index contributed by atoms with van der Waals surface area (Å²) in [6.45, 7) is 2.88. The smallest absolute Gasteiger partial charge is 0.223 e. The number of methoxy groups -OCH3 is 1. The van der Waals surface area contributed by atoms with Crippen LogP contribution in [0.5, 0.6) is 5.75 Å². The van der Waals surface area contributed by atoms with Crippen molar-refractivity contribution in [1.82, 2.24) is 5.32 Å². The molecule has 28 heavy (non-hydrogen) atoms. The summed E-state index contributed by atoms with van der Waals surface area (Å²) in [4.78, 5) is 23.7. The van der Waals surface area contributed by atoms with Crippen LogP contribution >= 0.6 is 0 Å². The Morgan fingerprint density at radius 3 is 2.25 bits per heavy atom. The largest absolute Gasteiger partial charge is 0.496 e. The number of benzene rings is 1. The van der Waals surface area contributed by atoms with Crippen LogP contribution in [0.25, 0.3) is 0 Å². The molecule has 2 amide bonds. The normalized spacial score (nSPS) is 27.8. The first-order chi connectivity index (χ1) is 13.5. The van der Waals surface area contributed by atoms with Gasteiger partial charge in [0.1, 0.15) is 5.75 Å². The molecular weight excluding hydrogens is 352 g/mol. The van der Waals surface area contributed by atoms with Crippen molar-refractivity contribution >= 4 is 11.8 Å². The van der Waals surface area contributed by atoms with Crippen molar-refractivity contribution in [2.24, 2.45) is 23.5 Å². The van der Waals surface area contributed by atoms with Crippen molar-refractivity contribution in [3.8, 4) is 5.75 Å². The summed E-state index contributed by atoms with van der Waals surface area (Å²) in [5, 5.41) is 3.17. The van der Waals surface area contributed by atoms with Crippen LogP contribution < -0.4 is 15.8 Å². The van der Waals surface area contributed by atoms with Gasteiger partial charge in [-0.1, -0.05) is 12.1 Å². The number of hydrogen-bond acceptors (Lipinski definition) is 3. The Bertz CT molecular complexity index is 687. The van der Waals surface area contributed by atoms with E-state index in [1.807, 2.05) is 0 Å². The molecule has 2 aliphatic rings. The Kier molecular flexibility index (Phi) is 6.97. The number of carbonyl (C=O) groups excluding carboxylic acids is 2. The van der Waals surface area contributed by atoms with Gasteiger partial charge in [0.25, 0.3) is 0 Å². The molecule has 5 heteroatoms. The van der Waals surface area contributed by atoms with Crippen LogP contribution in [0.2, 0.25) is 0 Å². The van der Waals surface area contributed by atoms with Gasteiger partial charge in [0.2, 0.25) is 11.8 Å². The minimum atomic E-state index is -0.220. The molecule has 154 valence electrons. The van der Waals surface area contributed by atoms with Gasteiger partial charge in [-0.25, -0.2) is 0 Å². The molecule has 2 aliphatic carbocycles. The van der Waals surface area contributed by atoms with Gasteiger partial charge in [0, 0.05) is 18.4 Å². The molecule has 0 aliphatic heterocycles. The summed E-state index contributed by atoms with van der Waals surface area (Å²) in [5.74, 6) is 2.08. The maximum Gasteiger partial charge on any atom is 0.223 e. The summed E-state index contributed by atoms with van der Waals surface area (Å²) in [5.41, 5.74) is 7.98. The van der Waals surface area contributed by atoms with Crippen molar-refractivity contribution in [2.75, 3.05) is 13.7 Å². The molecule has 0 heterocycles. The van der Waals surface area contributed by atoms with Gasteiger partial charge in [0.05, 0.1) is 7.11 Å². The highest BCUT2D eigenvalue weighted by atomic mass is 16.5. The zero-order valence-corrected chi connectivity index (χ0v) is 17.2. The Morgan fingerprint density at radius 2 is 1.68 bits per heavy atom. The van der Waals surface area contributed by atoms with E-state index in [-0.39, 0.29) is 23.7 Å². The van der Waals surface area contributed by atoms with Crippen molar-refractivity contribution in [2.45, 2.75) is 64.2 Å². The van der Waals surface area contributed by atoms with Crippen LogP contribution in [-0.2, 0) is 9.59 Å². The number of carbonyl (C=O) groups is 2. The molecular formula is C23H34N2O3. The van der Waals surface area contributed by atoms with Crippen molar-refractivity contribution in [3.63, 3.8) is 0 Å². The third-order valence-corrected chi connectivity index (χ3v) is 6.80. The molecule has 1 aromatic carbocycles. The van der Waals surface area contributed by atoms with Gasteiger partial charge >= 0.3 is 0 Å². The second kappa shape index (κ2) is 9.44. The van der Waals surface area contributed by atoms with Crippen molar-refractivity contribution < 1.29 is 14.3 Å². The second-order valence-corrected chi connectivity index (χ2v) is 8.64. The van der Waals surface area contributed by atoms with Crippen LogP contribution in [-0.4, -0.2) is 25.5 Å². The minimum Gasteiger partial charge on any atom is -0.496 e. The fraction of sp³-hybridized carbons (Fsp3) is 0.652. The maximum absolute atomic E-state index is 12.5. The van der Waals surface area contributed by atoms with E-state index in [0.717, 1.165) is 50.8 Å². The van der Waals surface area contributed by atoms with E-state index in [2.05, 4.69) is 30.4 Å². The molecule has 3 N–H and O–H groups in total. The third-order valence-electron chi connectivity index (χ3n) is 6.80. The van der Waals surface area contributed by atoms with E-state index < -0.39 is 0 Å². The van der Waals surface area contributed by atoms with Gasteiger partial charge in [-0.15, -0.1) is 0 Å².